The Kier molecular flexibility index (Phi) is 6.97. The summed E-state index contributed by atoms with van der Waals surface area (Å²) < 4.78 is 15.3. The van der Waals surface area contributed by atoms with Gasteiger partial charge in [-0.3, -0.25) is 9.36 Å². The molecule has 0 fully saturated rings. The average Bonchev–Trinajstić information content (AvgIpc) is 3.29. The number of hydrogen-bond donors (Lipinski definition) is 1. The van der Waals surface area contributed by atoms with Gasteiger partial charge in [0.2, 0.25) is 5.91 Å². The largest absolute Gasteiger partial charge is 0.325 e. The molecular formula is C20H22ClFN4OS2. The highest BCUT2D eigenvalue weighted by Gasteiger charge is 2.19. The van der Waals surface area contributed by atoms with E-state index in [2.05, 4.69) is 54.7 Å². The third kappa shape index (κ3) is 5.18. The van der Waals surface area contributed by atoms with Gasteiger partial charge < -0.3 is 5.32 Å². The lowest BCUT2D eigenvalue weighted by Crippen LogP contribution is -2.15. The lowest BCUT2D eigenvalue weighted by Gasteiger charge is -2.13. The van der Waals surface area contributed by atoms with Crippen molar-refractivity contribution in [2.75, 3.05) is 11.1 Å². The zero-order valence-electron chi connectivity index (χ0n) is 16.6. The van der Waals surface area contributed by atoms with E-state index < -0.39 is 5.82 Å². The van der Waals surface area contributed by atoms with Gasteiger partial charge in [0.25, 0.3) is 0 Å². The van der Waals surface area contributed by atoms with E-state index in [1.54, 1.807) is 11.3 Å². The van der Waals surface area contributed by atoms with Gasteiger partial charge in [0.15, 0.2) is 11.0 Å². The molecule has 0 spiro atoms. The number of rotatable bonds is 7. The minimum Gasteiger partial charge on any atom is -0.325 e. The normalized spacial score (nSPS) is 11.4. The molecule has 0 aliphatic rings. The van der Waals surface area contributed by atoms with Crippen molar-refractivity contribution in [3.63, 3.8) is 0 Å². The summed E-state index contributed by atoms with van der Waals surface area (Å²) in [5, 5.41) is 14.1. The molecule has 5 nitrogen and oxygen atoms in total. The molecule has 3 aromatic rings. The summed E-state index contributed by atoms with van der Waals surface area (Å²) in [6.07, 6.45) is 0. The molecule has 1 amide bonds. The van der Waals surface area contributed by atoms with Gasteiger partial charge in [0.05, 0.1) is 10.8 Å². The van der Waals surface area contributed by atoms with Crippen molar-refractivity contribution >= 4 is 46.3 Å². The molecule has 0 aliphatic carbocycles. The Bertz CT molecular complexity index is 1020. The first-order valence-corrected chi connectivity index (χ1v) is 11.4. The Labute approximate surface area is 182 Å². The number of halogens is 2. The molecule has 0 unspecified atom stereocenters. The van der Waals surface area contributed by atoms with Crippen LogP contribution in [0.25, 0.3) is 11.4 Å². The fourth-order valence-corrected chi connectivity index (χ4v) is 4.66. The van der Waals surface area contributed by atoms with Gasteiger partial charge in [0, 0.05) is 27.5 Å². The van der Waals surface area contributed by atoms with Crippen LogP contribution in [-0.2, 0) is 4.79 Å². The van der Waals surface area contributed by atoms with E-state index in [-0.39, 0.29) is 22.7 Å². The monoisotopic (exact) mass is 452 g/mol. The summed E-state index contributed by atoms with van der Waals surface area (Å²) in [6, 6.07) is 6.37. The van der Waals surface area contributed by atoms with Gasteiger partial charge in [0.1, 0.15) is 5.82 Å². The van der Waals surface area contributed by atoms with Crippen LogP contribution in [0.4, 0.5) is 10.1 Å². The number of thiophene rings is 1. The molecule has 154 valence electrons. The highest BCUT2D eigenvalue weighted by molar-refractivity contribution is 7.99. The zero-order chi connectivity index (χ0) is 21.1. The Balaban J connectivity index is 1.72. The van der Waals surface area contributed by atoms with E-state index in [1.165, 1.54) is 34.8 Å². The molecule has 0 bridgehead atoms. The summed E-state index contributed by atoms with van der Waals surface area (Å²) in [5.41, 5.74) is 1.49. The van der Waals surface area contributed by atoms with Crippen LogP contribution in [0.2, 0.25) is 5.02 Å². The quantitative estimate of drug-likeness (QED) is 0.431. The number of carbonyl (C=O) groups excluding carboxylic acids is 1. The number of thioether (sulfide) groups is 1. The van der Waals surface area contributed by atoms with Crippen molar-refractivity contribution < 1.29 is 9.18 Å². The molecule has 2 aromatic heterocycles. The Morgan fingerprint density at radius 1 is 1.28 bits per heavy atom. The maximum atomic E-state index is 13.2. The molecule has 29 heavy (non-hydrogen) atoms. The Hall–Kier alpha value is -1.90. The van der Waals surface area contributed by atoms with Crippen molar-refractivity contribution in [1.82, 2.24) is 14.8 Å². The smallest absolute Gasteiger partial charge is 0.234 e. The van der Waals surface area contributed by atoms with Crippen LogP contribution in [0, 0.1) is 5.82 Å². The molecule has 9 heteroatoms. The highest BCUT2D eigenvalue weighted by Crippen LogP contribution is 2.32. The van der Waals surface area contributed by atoms with E-state index in [4.69, 9.17) is 11.6 Å². The first-order valence-electron chi connectivity index (χ1n) is 9.17. The van der Waals surface area contributed by atoms with Crippen LogP contribution in [-0.4, -0.2) is 26.4 Å². The predicted octanol–water partition coefficient (Wildman–Crippen LogP) is 6.23. The molecule has 2 heterocycles. The second-order valence-electron chi connectivity index (χ2n) is 7.13. The van der Waals surface area contributed by atoms with E-state index in [9.17, 15) is 9.18 Å². The minimum absolute atomic E-state index is 0.0313. The lowest BCUT2D eigenvalue weighted by molar-refractivity contribution is -0.113. The SMILES string of the molecule is CC(C)c1cc(-c2nnc(SCC(=O)Nc3ccc(F)c(Cl)c3)n2C(C)C)cs1. The van der Waals surface area contributed by atoms with Gasteiger partial charge in [-0.25, -0.2) is 4.39 Å². The van der Waals surface area contributed by atoms with Gasteiger partial charge in [-0.15, -0.1) is 21.5 Å². The maximum Gasteiger partial charge on any atom is 0.234 e. The third-order valence-electron chi connectivity index (χ3n) is 4.16. The third-order valence-corrected chi connectivity index (χ3v) is 6.63. The zero-order valence-corrected chi connectivity index (χ0v) is 19.0. The number of amides is 1. The highest BCUT2D eigenvalue weighted by atomic mass is 35.5. The summed E-state index contributed by atoms with van der Waals surface area (Å²) in [6.45, 7) is 8.45. The van der Waals surface area contributed by atoms with E-state index in [0.29, 0.717) is 16.8 Å². The van der Waals surface area contributed by atoms with Crippen molar-refractivity contribution in [2.24, 2.45) is 0 Å². The molecule has 0 saturated heterocycles. The molecule has 1 aromatic carbocycles. The Morgan fingerprint density at radius 2 is 2.03 bits per heavy atom. The van der Waals surface area contributed by atoms with Crippen molar-refractivity contribution in [1.29, 1.82) is 0 Å². The number of benzene rings is 1. The summed E-state index contributed by atoms with van der Waals surface area (Å²) in [7, 11) is 0. The fourth-order valence-electron chi connectivity index (χ4n) is 2.71. The summed E-state index contributed by atoms with van der Waals surface area (Å²) in [4.78, 5) is 13.6. The molecule has 0 atom stereocenters. The summed E-state index contributed by atoms with van der Waals surface area (Å²) >= 11 is 8.78. The minimum atomic E-state index is -0.523. The summed E-state index contributed by atoms with van der Waals surface area (Å²) in [5.74, 6) is 0.666. The van der Waals surface area contributed by atoms with E-state index in [1.807, 2.05) is 4.57 Å². The van der Waals surface area contributed by atoms with Gasteiger partial charge in [-0.05, 0) is 44.0 Å². The van der Waals surface area contributed by atoms with Gasteiger partial charge in [-0.2, -0.15) is 0 Å². The predicted molar refractivity (Wildman–Crippen MR) is 119 cm³/mol. The number of anilines is 1. The molecule has 0 aliphatic heterocycles. The number of carbonyl (C=O) groups is 1. The number of hydrogen-bond acceptors (Lipinski definition) is 5. The molecular weight excluding hydrogens is 431 g/mol. The first kappa shape index (κ1) is 21.8. The Morgan fingerprint density at radius 3 is 2.66 bits per heavy atom. The van der Waals surface area contributed by atoms with Crippen molar-refractivity contribution in [2.45, 2.75) is 44.8 Å². The number of aromatic nitrogens is 3. The van der Waals surface area contributed by atoms with E-state index in [0.717, 1.165) is 11.4 Å². The first-order chi connectivity index (χ1) is 13.8. The van der Waals surface area contributed by atoms with E-state index >= 15 is 0 Å². The van der Waals surface area contributed by atoms with Crippen LogP contribution in [0.1, 0.15) is 44.5 Å². The van der Waals surface area contributed by atoms with Crippen LogP contribution < -0.4 is 5.32 Å². The number of nitrogens with one attached hydrogen (secondary N) is 1. The maximum absolute atomic E-state index is 13.2. The second kappa shape index (κ2) is 9.28. The number of nitrogens with zero attached hydrogens (tertiary/aromatic N) is 3. The van der Waals surface area contributed by atoms with Crippen LogP contribution in [0.5, 0.6) is 0 Å². The molecule has 1 N–H and O–H groups in total. The molecule has 0 radical (unpaired) electrons. The van der Waals surface area contributed by atoms with Crippen LogP contribution >= 0.6 is 34.7 Å². The van der Waals surface area contributed by atoms with Crippen molar-refractivity contribution in [3.05, 3.63) is 45.4 Å². The standard InChI is InChI=1S/C20H22ClFN4OS2/c1-11(2)17-7-13(9-28-17)19-24-25-20(26(19)12(3)4)29-10-18(27)23-14-5-6-16(22)15(21)8-14/h5-9,11-12H,10H2,1-4H3,(H,23,27). The topological polar surface area (TPSA) is 59.8 Å². The molecule has 0 saturated carbocycles. The average molecular weight is 453 g/mol. The van der Waals surface area contributed by atoms with Gasteiger partial charge >= 0.3 is 0 Å². The molecule has 3 rings (SSSR count). The lowest BCUT2D eigenvalue weighted by atomic mass is 10.1. The second-order valence-corrected chi connectivity index (χ2v) is 9.42. The fraction of sp³-hybridized carbons (Fsp3) is 0.350. The van der Waals surface area contributed by atoms with Gasteiger partial charge in [-0.1, -0.05) is 37.2 Å². The van der Waals surface area contributed by atoms with Crippen LogP contribution in [0.15, 0.2) is 34.8 Å². The van der Waals surface area contributed by atoms with Crippen molar-refractivity contribution in [3.8, 4) is 11.4 Å². The van der Waals surface area contributed by atoms with Crippen LogP contribution in [0.3, 0.4) is 0 Å².